The Morgan fingerprint density at radius 2 is 2.26 bits per heavy atom. The fourth-order valence-electron chi connectivity index (χ4n) is 2.52. The van der Waals surface area contributed by atoms with Crippen LogP contribution in [0.1, 0.15) is 12.8 Å². The monoisotopic (exact) mass is 274 g/mol. The first-order chi connectivity index (χ1) is 9.38. The van der Waals surface area contributed by atoms with E-state index >= 15 is 0 Å². The number of anilines is 1. The van der Waals surface area contributed by atoms with Gasteiger partial charge in [0.05, 0.1) is 7.11 Å². The molecule has 0 saturated carbocycles. The predicted octanol–water partition coefficient (Wildman–Crippen LogP) is 3.55. The van der Waals surface area contributed by atoms with Crippen molar-refractivity contribution in [3.63, 3.8) is 0 Å². The maximum Gasteiger partial charge on any atom is 0.134 e. The van der Waals surface area contributed by atoms with Gasteiger partial charge in [0.25, 0.3) is 0 Å². The van der Waals surface area contributed by atoms with E-state index in [1.165, 1.54) is 24.3 Å². The van der Waals surface area contributed by atoms with E-state index in [0.717, 1.165) is 22.3 Å². The molecule has 0 radical (unpaired) electrons. The average molecular weight is 274 g/mol. The number of benzene rings is 1. The van der Waals surface area contributed by atoms with Crippen LogP contribution in [0.4, 0.5) is 5.82 Å². The Balaban J connectivity index is 1.94. The van der Waals surface area contributed by atoms with Crippen LogP contribution in [0.2, 0.25) is 0 Å². The van der Waals surface area contributed by atoms with Crippen molar-refractivity contribution in [1.82, 2.24) is 4.98 Å². The molecule has 3 nitrogen and oxygen atoms in total. The molecule has 0 amide bonds. The van der Waals surface area contributed by atoms with Crippen LogP contribution < -0.4 is 10.1 Å². The molecule has 4 heteroatoms. The van der Waals surface area contributed by atoms with Crippen LogP contribution in [0.25, 0.3) is 10.8 Å². The third-order valence-corrected chi connectivity index (χ3v) is 4.70. The molecule has 1 saturated heterocycles. The molecule has 0 bridgehead atoms. The van der Waals surface area contributed by atoms with E-state index in [1.807, 2.05) is 36.2 Å². The molecular weight excluding hydrogens is 256 g/mol. The minimum absolute atomic E-state index is 0.531. The number of ether oxygens (including phenoxy) is 1. The summed E-state index contributed by atoms with van der Waals surface area (Å²) >= 11 is 2.02. The second-order valence-electron chi connectivity index (χ2n) is 4.77. The lowest BCUT2D eigenvalue weighted by Gasteiger charge is -2.23. The maximum atomic E-state index is 5.41. The number of nitrogens with zero attached hydrogens (tertiary/aromatic N) is 1. The smallest absolute Gasteiger partial charge is 0.134 e. The van der Waals surface area contributed by atoms with E-state index < -0.39 is 0 Å². The molecule has 1 N–H and O–H groups in total. The molecule has 0 spiro atoms. The van der Waals surface area contributed by atoms with Crippen LogP contribution in [0.3, 0.4) is 0 Å². The third kappa shape index (κ3) is 2.63. The zero-order valence-corrected chi connectivity index (χ0v) is 11.9. The molecule has 1 fully saturated rings. The van der Waals surface area contributed by atoms with Gasteiger partial charge in [-0.3, -0.25) is 0 Å². The van der Waals surface area contributed by atoms with Crippen LogP contribution in [0.15, 0.2) is 30.5 Å². The zero-order chi connectivity index (χ0) is 13.1. The first-order valence-corrected chi connectivity index (χ1v) is 7.80. The second kappa shape index (κ2) is 5.70. The highest BCUT2D eigenvalue weighted by Gasteiger charge is 2.15. The lowest BCUT2D eigenvalue weighted by atomic mass is 10.1. The van der Waals surface area contributed by atoms with Gasteiger partial charge in [-0.2, -0.15) is 11.8 Å². The van der Waals surface area contributed by atoms with Crippen LogP contribution in [-0.4, -0.2) is 29.6 Å². The fraction of sp³-hybridized carbons (Fsp3) is 0.400. The Bertz CT molecular complexity index is 567. The van der Waals surface area contributed by atoms with Crippen LogP contribution >= 0.6 is 11.8 Å². The topological polar surface area (TPSA) is 34.1 Å². The summed E-state index contributed by atoms with van der Waals surface area (Å²) in [4.78, 5) is 4.50. The first kappa shape index (κ1) is 12.6. The van der Waals surface area contributed by atoms with E-state index in [4.69, 9.17) is 4.74 Å². The molecule has 2 aromatic rings. The Morgan fingerprint density at radius 3 is 3.05 bits per heavy atom. The highest BCUT2D eigenvalue weighted by atomic mass is 32.2. The van der Waals surface area contributed by atoms with Gasteiger partial charge in [0, 0.05) is 28.8 Å². The number of hydrogen-bond donors (Lipinski definition) is 1. The van der Waals surface area contributed by atoms with Gasteiger partial charge in [-0.15, -0.1) is 0 Å². The largest absolute Gasteiger partial charge is 0.496 e. The SMILES string of the molecule is COc1cccc2c(NC3CCCSC3)nccc12. The minimum atomic E-state index is 0.531. The number of fused-ring (bicyclic) bond motifs is 1. The normalized spacial score (nSPS) is 19.3. The van der Waals surface area contributed by atoms with Crippen molar-refractivity contribution in [2.45, 2.75) is 18.9 Å². The van der Waals surface area contributed by atoms with Gasteiger partial charge in [-0.05, 0) is 30.7 Å². The fourth-order valence-corrected chi connectivity index (χ4v) is 3.59. The van der Waals surface area contributed by atoms with Gasteiger partial charge >= 0.3 is 0 Å². The van der Waals surface area contributed by atoms with E-state index in [2.05, 4.69) is 16.4 Å². The third-order valence-electron chi connectivity index (χ3n) is 3.49. The van der Waals surface area contributed by atoms with E-state index in [9.17, 15) is 0 Å². The molecule has 3 rings (SSSR count). The molecular formula is C15H18N2OS. The molecule has 1 aliphatic heterocycles. The van der Waals surface area contributed by atoms with Crippen LogP contribution in [0.5, 0.6) is 5.75 Å². The van der Waals surface area contributed by atoms with Crippen molar-refractivity contribution in [2.24, 2.45) is 0 Å². The summed E-state index contributed by atoms with van der Waals surface area (Å²) < 4.78 is 5.41. The van der Waals surface area contributed by atoms with Crippen LogP contribution in [-0.2, 0) is 0 Å². The molecule has 1 aliphatic rings. The van der Waals surface area contributed by atoms with Crippen LogP contribution in [0, 0.1) is 0 Å². The number of pyridine rings is 1. The van der Waals surface area contributed by atoms with Gasteiger partial charge < -0.3 is 10.1 Å². The summed E-state index contributed by atoms with van der Waals surface area (Å²) in [5.74, 6) is 4.33. The molecule has 19 heavy (non-hydrogen) atoms. The summed E-state index contributed by atoms with van der Waals surface area (Å²) in [6.45, 7) is 0. The molecule has 0 aliphatic carbocycles. The molecule has 100 valence electrons. The Kier molecular flexibility index (Phi) is 3.78. The summed E-state index contributed by atoms with van der Waals surface area (Å²) in [5, 5.41) is 5.84. The van der Waals surface area contributed by atoms with Gasteiger partial charge in [-0.25, -0.2) is 4.98 Å². The Morgan fingerprint density at radius 1 is 1.32 bits per heavy atom. The average Bonchev–Trinajstić information content (AvgIpc) is 2.48. The highest BCUT2D eigenvalue weighted by Crippen LogP contribution is 2.30. The van der Waals surface area contributed by atoms with E-state index in [0.29, 0.717) is 6.04 Å². The summed E-state index contributed by atoms with van der Waals surface area (Å²) in [6.07, 6.45) is 4.37. The molecule has 1 unspecified atom stereocenters. The highest BCUT2D eigenvalue weighted by molar-refractivity contribution is 7.99. The lowest BCUT2D eigenvalue weighted by molar-refractivity contribution is 0.420. The summed E-state index contributed by atoms with van der Waals surface area (Å²) in [5.41, 5.74) is 0. The van der Waals surface area contributed by atoms with Crippen molar-refractivity contribution in [3.05, 3.63) is 30.5 Å². The summed E-state index contributed by atoms with van der Waals surface area (Å²) in [7, 11) is 1.71. The Hall–Kier alpha value is -1.42. The first-order valence-electron chi connectivity index (χ1n) is 6.64. The van der Waals surface area contributed by atoms with Crippen molar-refractivity contribution < 1.29 is 4.74 Å². The Labute approximate surface area is 117 Å². The standard InChI is InChI=1S/C15H18N2OS/c1-18-14-6-2-5-13-12(14)7-8-16-15(13)17-11-4-3-9-19-10-11/h2,5-8,11H,3-4,9-10H2,1H3,(H,16,17). The predicted molar refractivity (Wildman–Crippen MR) is 82.3 cm³/mol. The second-order valence-corrected chi connectivity index (χ2v) is 5.92. The van der Waals surface area contributed by atoms with Crippen molar-refractivity contribution in [2.75, 3.05) is 23.9 Å². The van der Waals surface area contributed by atoms with Crippen molar-refractivity contribution in [3.8, 4) is 5.75 Å². The zero-order valence-electron chi connectivity index (χ0n) is 11.1. The lowest BCUT2D eigenvalue weighted by Crippen LogP contribution is -2.26. The van der Waals surface area contributed by atoms with Crippen molar-refractivity contribution in [1.29, 1.82) is 0 Å². The summed E-state index contributed by atoms with van der Waals surface area (Å²) in [6, 6.07) is 8.65. The molecule has 2 heterocycles. The number of rotatable bonds is 3. The van der Waals surface area contributed by atoms with E-state index in [-0.39, 0.29) is 0 Å². The number of nitrogens with one attached hydrogen (secondary N) is 1. The molecule has 1 aromatic carbocycles. The molecule has 1 atom stereocenters. The van der Waals surface area contributed by atoms with Gasteiger partial charge in [-0.1, -0.05) is 12.1 Å². The number of methoxy groups -OCH3 is 1. The van der Waals surface area contributed by atoms with Gasteiger partial charge in [0.15, 0.2) is 0 Å². The number of thioether (sulfide) groups is 1. The van der Waals surface area contributed by atoms with Gasteiger partial charge in [0.2, 0.25) is 0 Å². The number of aromatic nitrogens is 1. The number of hydrogen-bond acceptors (Lipinski definition) is 4. The maximum absolute atomic E-state index is 5.41. The minimum Gasteiger partial charge on any atom is -0.496 e. The molecule has 1 aromatic heterocycles. The van der Waals surface area contributed by atoms with E-state index in [1.54, 1.807) is 7.11 Å². The quantitative estimate of drug-likeness (QED) is 0.928. The van der Waals surface area contributed by atoms with Crippen molar-refractivity contribution >= 4 is 28.4 Å². The van der Waals surface area contributed by atoms with Gasteiger partial charge in [0.1, 0.15) is 11.6 Å².